The second kappa shape index (κ2) is 11.3. The van der Waals surface area contributed by atoms with Crippen molar-refractivity contribution in [2.75, 3.05) is 6.61 Å². The molecule has 0 aromatic heterocycles. The Labute approximate surface area is 133 Å². The zero-order valence-electron chi connectivity index (χ0n) is 13.8. The Bertz CT molecular complexity index is 362. The van der Waals surface area contributed by atoms with Crippen LogP contribution in [-0.2, 0) is 14.3 Å². The van der Waals surface area contributed by atoms with Gasteiger partial charge < -0.3 is 9.84 Å². The van der Waals surface area contributed by atoms with Crippen LogP contribution in [0.15, 0.2) is 12.2 Å². The van der Waals surface area contributed by atoms with Gasteiger partial charge in [0.15, 0.2) is 0 Å². The average Bonchev–Trinajstić information content (AvgIpc) is 2.53. The third-order valence-electron chi connectivity index (χ3n) is 4.35. The summed E-state index contributed by atoms with van der Waals surface area (Å²) in [6, 6.07) is 0. The molecule has 126 valence electrons. The molecule has 1 N–H and O–H groups in total. The third-order valence-corrected chi connectivity index (χ3v) is 4.35. The van der Waals surface area contributed by atoms with E-state index in [1.165, 1.54) is 32.1 Å². The molecule has 1 fully saturated rings. The first kappa shape index (κ1) is 18.7. The summed E-state index contributed by atoms with van der Waals surface area (Å²) in [7, 11) is 0. The van der Waals surface area contributed by atoms with Gasteiger partial charge in [-0.3, -0.25) is 9.59 Å². The number of unbranched alkanes of at least 4 members (excludes halogenated alkanes) is 5. The van der Waals surface area contributed by atoms with E-state index in [0.29, 0.717) is 12.8 Å². The molecule has 1 rings (SSSR count). The predicted molar refractivity (Wildman–Crippen MR) is 86.6 cm³/mol. The fourth-order valence-electron chi connectivity index (χ4n) is 3.00. The van der Waals surface area contributed by atoms with Gasteiger partial charge in [0.1, 0.15) is 6.61 Å². The number of carbonyl (C=O) groups is 2. The van der Waals surface area contributed by atoms with Gasteiger partial charge in [0.05, 0.1) is 11.8 Å². The van der Waals surface area contributed by atoms with E-state index in [0.717, 1.165) is 19.3 Å². The fraction of sp³-hybridized carbons (Fsp3) is 0.778. The highest BCUT2D eigenvalue weighted by Gasteiger charge is 2.36. The first-order chi connectivity index (χ1) is 10.7. The second-order valence-electron chi connectivity index (χ2n) is 6.14. The zero-order chi connectivity index (χ0) is 16.2. The Morgan fingerprint density at radius 1 is 1.05 bits per heavy atom. The van der Waals surface area contributed by atoms with Crippen molar-refractivity contribution in [2.45, 2.75) is 71.1 Å². The monoisotopic (exact) mass is 310 g/mol. The predicted octanol–water partition coefficient (Wildman–Crippen LogP) is 4.34. The van der Waals surface area contributed by atoms with Crippen LogP contribution >= 0.6 is 0 Å². The van der Waals surface area contributed by atoms with Crippen LogP contribution in [0, 0.1) is 11.8 Å². The normalized spacial score (nSPS) is 21.9. The Balaban J connectivity index is 2.17. The van der Waals surface area contributed by atoms with E-state index in [-0.39, 0.29) is 12.6 Å². The van der Waals surface area contributed by atoms with Crippen molar-refractivity contribution < 1.29 is 19.4 Å². The lowest BCUT2D eigenvalue weighted by molar-refractivity contribution is -0.158. The minimum atomic E-state index is -0.871. The maximum atomic E-state index is 12.0. The highest BCUT2D eigenvalue weighted by molar-refractivity contribution is 5.81. The molecule has 0 aliphatic heterocycles. The van der Waals surface area contributed by atoms with Crippen LogP contribution in [0.1, 0.15) is 71.1 Å². The van der Waals surface area contributed by atoms with Crippen molar-refractivity contribution in [3.05, 3.63) is 12.2 Å². The molecule has 0 radical (unpaired) electrons. The van der Waals surface area contributed by atoms with Crippen LogP contribution in [0.4, 0.5) is 0 Å². The maximum Gasteiger partial charge on any atom is 0.310 e. The number of allylic oxidation sites excluding steroid dienone is 1. The average molecular weight is 310 g/mol. The van der Waals surface area contributed by atoms with Crippen LogP contribution in [0.3, 0.4) is 0 Å². The van der Waals surface area contributed by atoms with Crippen LogP contribution < -0.4 is 0 Å². The lowest BCUT2D eigenvalue weighted by Gasteiger charge is -2.26. The number of carboxylic acid groups (broad SMARTS) is 1. The molecule has 0 amide bonds. The molecule has 22 heavy (non-hydrogen) atoms. The summed E-state index contributed by atoms with van der Waals surface area (Å²) >= 11 is 0. The highest BCUT2D eigenvalue weighted by Crippen LogP contribution is 2.31. The van der Waals surface area contributed by atoms with Gasteiger partial charge in [-0.2, -0.15) is 0 Å². The number of hydrogen-bond donors (Lipinski definition) is 1. The summed E-state index contributed by atoms with van der Waals surface area (Å²) in [6.07, 6.45) is 14.2. The van der Waals surface area contributed by atoms with Crippen LogP contribution in [0.25, 0.3) is 0 Å². The Hall–Kier alpha value is -1.32. The summed E-state index contributed by atoms with van der Waals surface area (Å²) in [5, 5.41) is 9.17. The van der Waals surface area contributed by atoms with Gasteiger partial charge >= 0.3 is 11.9 Å². The number of carbonyl (C=O) groups excluding carboxylic acids is 1. The maximum absolute atomic E-state index is 12.0. The smallest absolute Gasteiger partial charge is 0.310 e. The van der Waals surface area contributed by atoms with Gasteiger partial charge in [-0.15, -0.1) is 0 Å². The van der Waals surface area contributed by atoms with Gasteiger partial charge in [-0.05, 0) is 25.7 Å². The largest absolute Gasteiger partial charge is 0.481 e. The molecule has 2 unspecified atom stereocenters. The first-order valence-electron chi connectivity index (χ1n) is 8.71. The van der Waals surface area contributed by atoms with E-state index in [2.05, 4.69) is 13.0 Å². The van der Waals surface area contributed by atoms with Crippen LogP contribution in [0.2, 0.25) is 0 Å². The van der Waals surface area contributed by atoms with E-state index in [1.807, 2.05) is 6.08 Å². The SMILES string of the molecule is CCCCCCC/C=C/COC(=O)C1CCCCC1C(=O)O. The minimum Gasteiger partial charge on any atom is -0.481 e. The first-order valence-corrected chi connectivity index (χ1v) is 8.71. The van der Waals surface area contributed by atoms with Gasteiger partial charge in [0, 0.05) is 0 Å². The van der Waals surface area contributed by atoms with E-state index in [1.54, 1.807) is 0 Å². The highest BCUT2D eigenvalue weighted by atomic mass is 16.5. The summed E-state index contributed by atoms with van der Waals surface area (Å²) in [5.74, 6) is -2.25. The van der Waals surface area contributed by atoms with Gasteiger partial charge in [-0.1, -0.05) is 57.6 Å². The van der Waals surface area contributed by atoms with Crippen molar-refractivity contribution >= 4 is 11.9 Å². The molecule has 4 nitrogen and oxygen atoms in total. The Morgan fingerprint density at radius 3 is 2.41 bits per heavy atom. The van der Waals surface area contributed by atoms with Crippen molar-refractivity contribution in [2.24, 2.45) is 11.8 Å². The number of esters is 1. The summed E-state index contributed by atoms with van der Waals surface area (Å²) in [4.78, 5) is 23.2. The molecule has 0 saturated heterocycles. The summed E-state index contributed by atoms with van der Waals surface area (Å²) in [6.45, 7) is 2.46. The molecule has 0 aromatic carbocycles. The van der Waals surface area contributed by atoms with Crippen molar-refractivity contribution in [1.82, 2.24) is 0 Å². The molecule has 1 saturated carbocycles. The minimum absolute atomic E-state index is 0.261. The van der Waals surface area contributed by atoms with Gasteiger partial charge in [-0.25, -0.2) is 0 Å². The van der Waals surface area contributed by atoms with Gasteiger partial charge in [0.25, 0.3) is 0 Å². The Morgan fingerprint density at radius 2 is 1.73 bits per heavy atom. The van der Waals surface area contributed by atoms with Crippen molar-refractivity contribution in [1.29, 1.82) is 0 Å². The lowest BCUT2D eigenvalue weighted by atomic mass is 9.79. The summed E-state index contributed by atoms with van der Waals surface area (Å²) in [5.41, 5.74) is 0. The number of aliphatic carboxylic acids is 1. The number of ether oxygens (including phenoxy) is 1. The summed E-state index contributed by atoms with van der Waals surface area (Å²) < 4.78 is 5.22. The quantitative estimate of drug-likeness (QED) is 0.370. The van der Waals surface area contributed by atoms with E-state index >= 15 is 0 Å². The third kappa shape index (κ3) is 7.10. The van der Waals surface area contributed by atoms with E-state index in [9.17, 15) is 9.59 Å². The molecule has 0 heterocycles. The van der Waals surface area contributed by atoms with E-state index < -0.39 is 17.8 Å². The number of rotatable bonds is 10. The number of hydrogen-bond acceptors (Lipinski definition) is 3. The molecule has 0 spiro atoms. The van der Waals surface area contributed by atoms with E-state index in [4.69, 9.17) is 9.84 Å². The van der Waals surface area contributed by atoms with Gasteiger partial charge in [0.2, 0.25) is 0 Å². The fourth-order valence-corrected chi connectivity index (χ4v) is 3.00. The van der Waals surface area contributed by atoms with Crippen molar-refractivity contribution in [3.8, 4) is 0 Å². The van der Waals surface area contributed by atoms with Crippen molar-refractivity contribution in [3.63, 3.8) is 0 Å². The standard InChI is InChI=1S/C18H30O4/c1-2-3-4-5-6-7-8-11-14-22-18(21)16-13-10-9-12-15(16)17(19)20/h8,11,15-16H,2-7,9-10,12-14H2,1H3,(H,19,20)/b11-8+. The molecule has 0 aromatic rings. The zero-order valence-corrected chi connectivity index (χ0v) is 13.8. The second-order valence-corrected chi connectivity index (χ2v) is 6.14. The van der Waals surface area contributed by atoms with Crippen LogP contribution in [0.5, 0.6) is 0 Å². The number of carboxylic acids is 1. The lowest BCUT2D eigenvalue weighted by Crippen LogP contribution is -2.33. The molecular weight excluding hydrogens is 280 g/mol. The molecular formula is C18H30O4. The van der Waals surface area contributed by atoms with Crippen LogP contribution in [-0.4, -0.2) is 23.7 Å². The molecule has 4 heteroatoms. The molecule has 0 bridgehead atoms. The Kier molecular flexibility index (Phi) is 9.60. The molecule has 1 aliphatic carbocycles. The molecule has 2 atom stereocenters. The topological polar surface area (TPSA) is 63.6 Å². The molecule has 1 aliphatic rings.